The molecule has 0 N–H and O–H groups in total. The number of aromatic nitrogens is 4. The molecule has 17 aromatic rings. The van der Waals surface area contributed by atoms with Crippen molar-refractivity contribution in [2.75, 3.05) is 0 Å². The lowest BCUT2D eigenvalue weighted by atomic mass is 9.30. The van der Waals surface area contributed by atoms with E-state index >= 15 is 0 Å². The van der Waals surface area contributed by atoms with Crippen molar-refractivity contribution in [3.63, 3.8) is 0 Å². The third-order valence-corrected chi connectivity index (χ3v) is 18.3. The first-order valence-corrected chi connectivity index (χ1v) is 28.0. The zero-order chi connectivity index (χ0) is 52.1. The summed E-state index contributed by atoms with van der Waals surface area (Å²) in [6, 6.07) is 96.1. The molecule has 2 aliphatic heterocycles. The van der Waals surface area contributed by atoms with E-state index in [0.29, 0.717) is 0 Å². The highest BCUT2D eigenvalue weighted by Crippen LogP contribution is 2.52. The Morgan fingerprint density at radius 3 is 0.887 bits per heavy atom. The Bertz CT molecular complexity index is 5240. The number of benzene rings is 13. The molecule has 0 aliphatic carbocycles. The molecular weight excluding hydrogens is 968 g/mol. The molecule has 13 aromatic carbocycles. The quantitative estimate of drug-likeness (QED) is 0.157. The van der Waals surface area contributed by atoms with E-state index in [0.717, 1.165) is 22.7 Å². The summed E-state index contributed by atoms with van der Waals surface area (Å²) in [7, 11) is 0. The van der Waals surface area contributed by atoms with Crippen LogP contribution in [-0.2, 0) is 0 Å². The maximum Gasteiger partial charge on any atom is 0.244 e. The molecule has 0 unspecified atom stereocenters. The van der Waals surface area contributed by atoms with Crippen LogP contribution in [0, 0.1) is 6.92 Å². The topological polar surface area (TPSA) is 19.7 Å². The molecule has 80 heavy (non-hydrogen) atoms. The van der Waals surface area contributed by atoms with E-state index in [1.54, 1.807) is 0 Å². The Kier molecular flexibility index (Phi) is 8.24. The lowest BCUT2D eigenvalue weighted by Gasteiger charge is -2.36. The monoisotopic (exact) mass is 1010 g/mol. The fourth-order valence-corrected chi connectivity index (χ4v) is 15.4. The van der Waals surface area contributed by atoms with Crippen LogP contribution in [0.5, 0.6) is 0 Å². The van der Waals surface area contributed by atoms with Gasteiger partial charge in [0.2, 0.25) is 6.71 Å². The van der Waals surface area contributed by atoms with Crippen molar-refractivity contribution < 1.29 is 0 Å². The van der Waals surface area contributed by atoms with Gasteiger partial charge in [-0.05, 0) is 119 Å². The van der Waals surface area contributed by atoms with Crippen LogP contribution in [0.3, 0.4) is 0 Å². The molecule has 368 valence electrons. The Morgan fingerprint density at radius 2 is 0.550 bits per heavy atom. The largest absolute Gasteiger partial charge is 0.309 e. The molecule has 0 bridgehead atoms. The van der Waals surface area contributed by atoms with Crippen molar-refractivity contribution in [1.29, 1.82) is 0 Å². The van der Waals surface area contributed by atoms with Gasteiger partial charge in [-0.15, -0.1) is 0 Å². The van der Waals surface area contributed by atoms with E-state index < -0.39 is 0 Å². The summed E-state index contributed by atoms with van der Waals surface area (Å²) in [6.45, 7) is 2.22. The van der Waals surface area contributed by atoms with Crippen LogP contribution in [0.15, 0.2) is 255 Å². The molecule has 4 nitrogen and oxygen atoms in total. The highest BCUT2D eigenvalue weighted by Gasteiger charge is 2.43. The van der Waals surface area contributed by atoms with E-state index in [9.17, 15) is 0 Å². The average Bonchev–Trinajstić information content (AvgIpc) is 2.99. The number of rotatable bonds is 4. The van der Waals surface area contributed by atoms with Gasteiger partial charge in [-0.25, -0.2) is 0 Å². The standard InChI is InChI=1S/C75H45BN4/c1-44-38-57-69-67-59(40-53-49-30-14-20-36-65(49)79(74(53)69)47-26-10-4-11-27-47)72-55(51-32-16-18-34-63(51)77(72)45-22-6-2-7-23-45)42-61(67)76-62-43-56-52-33-17-19-35-64(52)78(46-24-8-3-9-25-46)73(56)60-41-54-50-31-15-21-37-66(50)80(48-28-12-5-13-29-48)75(54)70(68(60)62)58(39-44)71(57)76/h2-43H,1H3. The van der Waals surface area contributed by atoms with E-state index in [1.165, 1.54) is 153 Å². The van der Waals surface area contributed by atoms with Crippen LogP contribution >= 0.6 is 0 Å². The van der Waals surface area contributed by atoms with Crippen LogP contribution < -0.4 is 16.4 Å². The van der Waals surface area contributed by atoms with Crippen LogP contribution in [0.4, 0.5) is 0 Å². The summed E-state index contributed by atoms with van der Waals surface area (Å²) in [5, 5.41) is 15.2. The minimum Gasteiger partial charge on any atom is -0.309 e. The van der Waals surface area contributed by atoms with Gasteiger partial charge in [0.1, 0.15) is 0 Å². The summed E-state index contributed by atoms with van der Waals surface area (Å²) in [4.78, 5) is 0. The molecule has 4 aromatic heterocycles. The molecule has 0 spiro atoms. The van der Waals surface area contributed by atoms with Gasteiger partial charge in [-0.3, -0.25) is 0 Å². The normalized spacial score (nSPS) is 12.8. The molecule has 6 heterocycles. The maximum atomic E-state index is 2.63. The average molecular weight is 1010 g/mol. The van der Waals surface area contributed by atoms with Gasteiger partial charge in [0.25, 0.3) is 0 Å². The Morgan fingerprint density at radius 1 is 0.263 bits per heavy atom. The summed E-state index contributed by atoms with van der Waals surface area (Å²) in [6.07, 6.45) is 0. The van der Waals surface area contributed by atoms with E-state index in [2.05, 4.69) is 280 Å². The van der Waals surface area contributed by atoms with E-state index in [4.69, 9.17) is 0 Å². The fourth-order valence-electron chi connectivity index (χ4n) is 15.4. The van der Waals surface area contributed by atoms with Crippen molar-refractivity contribution in [1.82, 2.24) is 18.3 Å². The predicted molar refractivity (Wildman–Crippen MR) is 339 cm³/mol. The van der Waals surface area contributed by atoms with E-state index in [-0.39, 0.29) is 6.71 Å². The molecule has 5 heteroatoms. The van der Waals surface area contributed by atoms with E-state index in [1.807, 2.05) is 0 Å². The number of hydrogen-bond donors (Lipinski definition) is 0. The second kappa shape index (κ2) is 15.4. The van der Waals surface area contributed by atoms with Gasteiger partial charge < -0.3 is 18.3 Å². The molecular formula is C75H45BN4. The second-order valence-electron chi connectivity index (χ2n) is 22.3. The summed E-state index contributed by atoms with van der Waals surface area (Å²) >= 11 is 0. The van der Waals surface area contributed by atoms with Gasteiger partial charge in [0.15, 0.2) is 0 Å². The number of aryl methyl sites for hydroxylation is 1. The lowest BCUT2D eigenvalue weighted by Crippen LogP contribution is -2.57. The molecule has 0 saturated carbocycles. The molecule has 0 atom stereocenters. The van der Waals surface area contributed by atoms with Gasteiger partial charge in [0.05, 0.1) is 44.1 Å². The smallest absolute Gasteiger partial charge is 0.244 e. The third kappa shape index (κ3) is 5.32. The first-order valence-electron chi connectivity index (χ1n) is 28.0. The van der Waals surface area contributed by atoms with Crippen molar-refractivity contribution in [2.24, 2.45) is 0 Å². The van der Waals surface area contributed by atoms with Gasteiger partial charge in [-0.1, -0.05) is 186 Å². The Labute approximate surface area is 459 Å². The molecule has 0 amide bonds. The minimum atomic E-state index is -0.115. The second-order valence-corrected chi connectivity index (χ2v) is 22.3. The summed E-state index contributed by atoms with van der Waals surface area (Å²) in [5.41, 5.74) is 24.9. The zero-order valence-electron chi connectivity index (χ0n) is 43.6. The molecule has 0 saturated heterocycles. The molecule has 19 rings (SSSR count). The SMILES string of the molecule is Cc1cc2c3c(c1)-c1c4c(cc5c6ccccc6n(-c6ccccc6)c5c4cc4c5ccccc5n(-c5ccccc5)c14)B3c1cc3c4ccccc4n(-c4ccccc4)c3c3cc4c5ccccc5n(-c5ccccc5)c4c-2c13. The summed E-state index contributed by atoms with van der Waals surface area (Å²) in [5.74, 6) is 0. The lowest BCUT2D eigenvalue weighted by molar-refractivity contribution is 1.18. The number of para-hydroxylation sites is 8. The third-order valence-electron chi connectivity index (χ3n) is 18.3. The van der Waals surface area contributed by atoms with Crippen LogP contribution in [0.1, 0.15) is 5.56 Å². The minimum absolute atomic E-state index is 0.115. The first-order chi connectivity index (χ1) is 39.7. The van der Waals surface area contributed by atoms with Crippen LogP contribution in [-0.4, -0.2) is 25.0 Å². The van der Waals surface area contributed by atoms with Crippen molar-refractivity contribution >= 4 is 132 Å². The summed E-state index contributed by atoms with van der Waals surface area (Å²) < 4.78 is 10.2. The van der Waals surface area contributed by atoms with Crippen molar-refractivity contribution in [2.45, 2.75) is 6.92 Å². The highest BCUT2D eigenvalue weighted by atomic mass is 15.0. The molecule has 2 aliphatic rings. The zero-order valence-corrected chi connectivity index (χ0v) is 43.6. The van der Waals surface area contributed by atoms with Gasteiger partial charge >= 0.3 is 0 Å². The first kappa shape index (κ1) is 42.7. The Hall–Kier alpha value is -10.4. The number of nitrogens with zero attached hydrogens (tertiary/aromatic N) is 4. The van der Waals surface area contributed by atoms with Crippen molar-refractivity contribution in [3.05, 3.63) is 260 Å². The fraction of sp³-hybridized carbons (Fsp3) is 0.0133. The van der Waals surface area contributed by atoms with Crippen LogP contribution in [0.2, 0.25) is 0 Å². The molecule has 0 radical (unpaired) electrons. The number of hydrogen-bond acceptors (Lipinski definition) is 0. The predicted octanol–water partition coefficient (Wildman–Crippen LogP) is 17.2. The Balaban J connectivity index is 1.10. The van der Waals surface area contributed by atoms with Crippen LogP contribution in [0.25, 0.3) is 154 Å². The maximum absolute atomic E-state index is 2.63. The van der Waals surface area contributed by atoms with Gasteiger partial charge in [0, 0.05) is 87.7 Å². The van der Waals surface area contributed by atoms with Gasteiger partial charge in [-0.2, -0.15) is 0 Å². The number of fused-ring (bicyclic) bond motifs is 20. The highest BCUT2D eigenvalue weighted by molar-refractivity contribution is 7.02. The molecule has 0 fully saturated rings. The van der Waals surface area contributed by atoms with Crippen molar-refractivity contribution in [3.8, 4) is 45.0 Å².